The molecule has 0 aliphatic carbocycles. The zero-order chi connectivity index (χ0) is 47.0. The number of hydrogen-bond acceptors (Lipinski definition) is 2. The van der Waals surface area contributed by atoms with Crippen LogP contribution < -0.4 is 0 Å². The van der Waals surface area contributed by atoms with Gasteiger partial charge in [-0.2, -0.15) is 10.2 Å². The number of aryl methyl sites for hydroxylation is 2. The highest BCUT2D eigenvalue weighted by atomic mass is 15.3. The van der Waals surface area contributed by atoms with E-state index in [-0.39, 0.29) is 0 Å². The van der Waals surface area contributed by atoms with Gasteiger partial charge in [0.05, 0.1) is 22.8 Å². The van der Waals surface area contributed by atoms with Gasteiger partial charge in [-0.3, -0.25) is 0 Å². The molecule has 0 spiro atoms. The van der Waals surface area contributed by atoms with Crippen molar-refractivity contribution in [3.05, 3.63) is 241 Å². The summed E-state index contributed by atoms with van der Waals surface area (Å²) in [5.41, 5.74) is 18.3. The van der Waals surface area contributed by atoms with Crippen LogP contribution in [0.25, 0.3) is 121 Å². The Kier molecular flexibility index (Phi) is 9.70. The second kappa shape index (κ2) is 16.4. The molecule has 4 nitrogen and oxygen atoms in total. The molecule has 0 atom stereocenters. The highest BCUT2D eigenvalue weighted by Crippen LogP contribution is 2.50. The number of nitrogens with zero attached hydrogens (tertiary/aromatic N) is 4. The normalized spacial score (nSPS) is 11.7. The molecule has 2 aromatic heterocycles. The van der Waals surface area contributed by atoms with Gasteiger partial charge in [0.25, 0.3) is 0 Å². The van der Waals surface area contributed by atoms with Crippen molar-refractivity contribution in [3.8, 4) is 67.0 Å². The summed E-state index contributed by atoms with van der Waals surface area (Å²) < 4.78 is 4.20. The predicted molar refractivity (Wildman–Crippen MR) is 294 cm³/mol. The molecule has 0 unspecified atom stereocenters. The standard InChI is InChI=1S/C66H48N4/c1-41-61(43(3)69(67-41)49-25-10-6-11-26-49)65-55-32-18-16-30-53(55)63(46-22-8-5-9-23-46)59-39-47(35-37-57(59)65)48-36-38-58-60(40-48)64(52-34-20-24-45-21-14-15-29-51(45)52)54-31-17-19-33-56(54)66(58)62-42(2)68-70(44(62)4)50-27-12-7-13-28-50/h5-40H,1-4H3. The van der Waals surface area contributed by atoms with Gasteiger partial charge in [0, 0.05) is 33.6 Å². The highest BCUT2D eigenvalue weighted by molar-refractivity contribution is 6.25. The van der Waals surface area contributed by atoms with Gasteiger partial charge in [-0.1, -0.05) is 182 Å². The van der Waals surface area contributed by atoms with Gasteiger partial charge in [-0.25, -0.2) is 9.36 Å². The molecule has 70 heavy (non-hydrogen) atoms. The second-order valence-electron chi connectivity index (χ2n) is 18.6. The molecule has 0 fully saturated rings. The summed E-state index contributed by atoms with van der Waals surface area (Å²) in [5, 5.41) is 22.5. The molecule has 0 saturated heterocycles. The van der Waals surface area contributed by atoms with Gasteiger partial charge in [0.15, 0.2) is 0 Å². The van der Waals surface area contributed by atoms with E-state index in [1.165, 1.54) is 98.4 Å². The summed E-state index contributed by atoms with van der Waals surface area (Å²) in [6.07, 6.45) is 0. The number of benzene rings is 11. The van der Waals surface area contributed by atoms with Crippen LogP contribution in [-0.2, 0) is 0 Å². The smallest absolute Gasteiger partial charge is 0.0679 e. The van der Waals surface area contributed by atoms with Gasteiger partial charge >= 0.3 is 0 Å². The molecule has 4 heteroatoms. The second-order valence-corrected chi connectivity index (χ2v) is 18.6. The topological polar surface area (TPSA) is 35.6 Å². The van der Waals surface area contributed by atoms with E-state index >= 15 is 0 Å². The monoisotopic (exact) mass is 896 g/mol. The zero-order valence-corrected chi connectivity index (χ0v) is 39.6. The lowest BCUT2D eigenvalue weighted by Gasteiger charge is -2.21. The van der Waals surface area contributed by atoms with Crippen molar-refractivity contribution in [2.75, 3.05) is 0 Å². The van der Waals surface area contributed by atoms with E-state index in [0.29, 0.717) is 0 Å². The maximum Gasteiger partial charge on any atom is 0.0679 e. The average molecular weight is 897 g/mol. The van der Waals surface area contributed by atoms with E-state index in [1.807, 2.05) is 0 Å². The van der Waals surface area contributed by atoms with Gasteiger partial charge in [0.1, 0.15) is 0 Å². The molecule has 13 rings (SSSR count). The van der Waals surface area contributed by atoms with Crippen LogP contribution in [0.15, 0.2) is 218 Å². The van der Waals surface area contributed by atoms with Crippen LogP contribution >= 0.6 is 0 Å². The van der Waals surface area contributed by atoms with Crippen LogP contribution in [0.2, 0.25) is 0 Å². The fraction of sp³-hybridized carbons (Fsp3) is 0.0606. The average Bonchev–Trinajstić information content (AvgIpc) is 3.88. The first-order valence-corrected chi connectivity index (χ1v) is 24.2. The van der Waals surface area contributed by atoms with Crippen molar-refractivity contribution in [2.45, 2.75) is 27.7 Å². The summed E-state index contributed by atoms with van der Waals surface area (Å²) in [4.78, 5) is 0. The minimum absolute atomic E-state index is 1.00. The Balaban J connectivity index is 1.12. The molecule has 332 valence electrons. The number of hydrogen-bond donors (Lipinski definition) is 0. The van der Waals surface area contributed by atoms with E-state index in [1.54, 1.807) is 0 Å². The lowest BCUT2D eigenvalue weighted by Crippen LogP contribution is -1.99. The third-order valence-electron chi connectivity index (χ3n) is 14.6. The molecular weight excluding hydrogens is 849 g/mol. The van der Waals surface area contributed by atoms with Crippen LogP contribution in [0.5, 0.6) is 0 Å². The van der Waals surface area contributed by atoms with Gasteiger partial charge in [-0.15, -0.1) is 0 Å². The van der Waals surface area contributed by atoms with Gasteiger partial charge in [-0.05, 0) is 151 Å². The molecule has 0 radical (unpaired) electrons. The molecule has 2 heterocycles. The minimum atomic E-state index is 1.00. The Morgan fingerprint density at radius 1 is 0.271 bits per heavy atom. The molecule has 0 aliphatic heterocycles. The first-order chi connectivity index (χ1) is 34.4. The first-order valence-electron chi connectivity index (χ1n) is 24.2. The third-order valence-corrected chi connectivity index (χ3v) is 14.6. The Labute approximate surface area is 407 Å². The van der Waals surface area contributed by atoms with E-state index in [0.717, 1.165) is 45.3 Å². The molecular formula is C66H48N4. The van der Waals surface area contributed by atoms with E-state index in [2.05, 4.69) is 255 Å². The molecule has 0 bridgehead atoms. The summed E-state index contributed by atoms with van der Waals surface area (Å²) in [6.45, 7) is 8.72. The third kappa shape index (κ3) is 6.44. The van der Waals surface area contributed by atoms with Crippen LogP contribution in [0.1, 0.15) is 22.8 Å². The maximum absolute atomic E-state index is 5.21. The summed E-state index contributed by atoms with van der Waals surface area (Å²) in [6, 6.07) is 79.6. The van der Waals surface area contributed by atoms with Gasteiger partial charge in [0.2, 0.25) is 0 Å². The Hall–Kier alpha value is -8.86. The van der Waals surface area contributed by atoms with Crippen molar-refractivity contribution in [3.63, 3.8) is 0 Å². The van der Waals surface area contributed by atoms with Crippen molar-refractivity contribution in [2.24, 2.45) is 0 Å². The Bertz CT molecular complexity index is 4190. The van der Waals surface area contributed by atoms with E-state index in [9.17, 15) is 0 Å². The molecule has 0 saturated carbocycles. The largest absolute Gasteiger partial charge is 0.237 e. The van der Waals surface area contributed by atoms with Gasteiger partial charge < -0.3 is 0 Å². The molecule has 0 amide bonds. The summed E-state index contributed by atoms with van der Waals surface area (Å²) in [7, 11) is 0. The number of para-hydroxylation sites is 2. The lowest BCUT2D eigenvalue weighted by molar-refractivity contribution is 0.834. The summed E-state index contributed by atoms with van der Waals surface area (Å²) in [5.74, 6) is 0. The van der Waals surface area contributed by atoms with Crippen LogP contribution in [0, 0.1) is 27.7 Å². The number of rotatable bonds is 7. The quantitative estimate of drug-likeness (QED) is 0.149. The first kappa shape index (κ1) is 41.3. The molecule has 11 aromatic carbocycles. The Morgan fingerprint density at radius 3 is 1.17 bits per heavy atom. The SMILES string of the molecule is Cc1nn(-c2ccccc2)c(C)c1-c1c2ccccc2c(-c2ccccc2)c2cc(-c3ccc4c(-c5c(C)nn(-c6ccccc6)c5C)c5ccccc5c(-c5cccc6ccccc56)c4c3)ccc12. The summed E-state index contributed by atoms with van der Waals surface area (Å²) >= 11 is 0. The predicted octanol–water partition coefficient (Wildman–Crippen LogP) is 17.4. The lowest BCUT2D eigenvalue weighted by atomic mass is 9.82. The number of fused-ring (bicyclic) bond motifs is 5. The maximum atomic E-state index is 5.21. The van der Waals surface area contributed by atoms with E-state index in [4.69, 9.17) is 10.2 Å². The van der Waals surface area contributed by atoms with Crippen molar-refractivity contribution < 1.29 is 0 Å². The van der Waals surface area contributed by atoms with E-state index < -0.39 is 0 Å². The number of aromatic nitrogens is 4. The van der Waals surface area contributed by atoms with Crippen molar-refractivity contribution >= 4 is 53.9 Å². The van der Waals surface area contributed by atoms with Crippen LogP contribution in [0.4, 0.5) is 0 Å². The highest BCUT2D eigenvalue weighted by Gasteiger charge is 2.26. The van der Waals surface area contributed by atoms with Crippen LogP contribution in [-0.4, -0.2) is 19.6 Å². The van der Waals surface area contributed by atoms with Crippen molar-refractivity contribution in [1.82, 2.24) is 19.6 Å². The molecule has 0 N–H and O–H groups in total. The van der Waals surface area contributed by atoms with Crippen molar-refractivity contribution in [1.29, 1.82) is 0 Å². The fourth-order valence-electron chi connectivity index (χ4n) is 11.6. The minimum Gasteiger partial charge on any atom is -0.237 e. The zero-order valence-electron chi connectivity index (χ0n) is 39.6. The fourth-order valence-corrected chi connectivity index (χ4v) is 11.6. The molecule has 0 aliphatic rings. The molecule has 13 aromatic rings. The van der Waals surface area contributed by atoms with Crippen LogP contribution in [0.3, 0.4) is 0 Å². The Morgan fingerprint density at radius 2 is 0.657 bits per heavy atom.